The normalized spacial score (nSPS) is 19.7. The molecule has 0 saturated heterocycles. The number of carbonyl (C=O) groups is 2. The Balaban J connectivity index is 1.52. The van der Waals surface area contributed by atoms with Crippen LogP contribution in [0.5, 0.6) is 0 Å². The number of hydrogen-bond acceptors (Lipinski definition) is 4. The molecule has 8 nitrogen and oxygen atoms in total. The van der Waals surface area contributed by atoms with Gasteiger partial charge in [0.05, 0.1) is 35.2 Å². The third kappa shape index (κ3) is 3.96. The van der Waals surface area contributed by atoms with Gasteiger partial charge in [0.1, 0.15) is 5.82 Å². The van der Waals surface area contributed by atoms with Crippen molar-refractivity contribution >= 4 is 27.8 Å². The van der Waals surface area contributed by atoms with E-state index in [2.05, 4.69) is 39.6 Å². The van der Waals surface area contributed by atoms with Crippen molar-refractivity contribution in [3.8, 4) is 0 Å². The Bertz CT molecular complexity index is 1090. The Morgan fingerprint density at radius 3 is 2.41 bits per heavy atom. The summed E-state index contributed by atoms with van der Waals surface area (Å²) >= 11 is 0. The van der Waals surface area contributed by atoms with Gasteiger partial charge in [-0.15, -0.1) is 0 Å². The Morgan fingerprint density at radius 1 is 1.24 bits per heavy atom. The van der Waals surface area contributed by atoms with Crippen molar-refractivity contribution in [2.24, 2.45) is 0 Å². The van der Waals surface area contributed by atoms with Crippen LogP contribution >= 0.6 is 10.0 Å². The van der Waals surface area contributed by atoms with Crippen molar-refractivity contribution in [3.63, 3.8) is 0 Å². The Morgan fingerprint density at radius 2 is 1.88 bits per heavy atom. The molecular weight excluding hydrogens is 457 g/mol. The van der Waals surface area contributed by atoms with E-state index in [1.807, 2.05) is 13.8 Å². The molecule has 0 spiro atoms. The van der Waals surface area contributed by atoms with E-state index in [9.17, 15) is 19.1 Å². The third-order valence-corrected chi connectivity index (χ3v) is 10.4. The van der Waals surface area contributed by atoms with Crippen molar-refractivity contribution in [1.82, 2.24) is 20.4 Å². The third-order valence-electron chi connectivity index (χ3n) is 7.45. The number of nitrogens with zero attached hydrogens (tertiary/aromatic N) is 2. The van der Waals surface area contributed by atoms with Crippen LogP contribution in [0.4, 0.5) is 15.0 Å². The number of hydrogen-bond donors (Lipinski definition) is 4. The number of aromatic amines is 1. The number of aliphatic hydroxyl groups excluding tert-OH is 1. The van der Waals surface area contributed by atoms with Gasteiger partial charge in [0, 0.05) is 5.56 Å². The van der Waals surface area contributed by atoms with Crippen LogP contribution in [-0.4, -0.2) is 62.3 Å². The Labute approximate surface area is 201 Å². The van der Waals surface area contributed by atoms with E-state index in [-0.39, 0.29) is 35.7 Å². The topological polar surface area (TPSA) is 110 Å². The number of halogens is 1. The molecule has 1 aromatic carbocycles. The highest BCUT2D eigenvalue weighted by molar-refractivity contribution is 8.33. The molecule has 1 aromatic heterocycles. The Kier molecular flexibility index (Phi) is 6.18. The summed E-state index contributed by atoms with van der Waals surface area (Å²) in [5.41, 5.74) is 1.46. The molecule has 186 valence electrons. The van der Waals surface area contributed by atoms with Gasteiger partial charge in [0.2, 0.25) is 5.91 Å². The molecule has 1 aliphatic carbocycles. The van der Waals surface area contributed by atoms with E-state index in [1.54, 1.807) is 17.0 Å². The minimum absolute atomic E-state index is 0.00733. The van der Waals surface area contributed by atoms with Gasteiger partial charge in [-0.25, -0.2) is 19.2 Å². The highest BCUT2D eigenvalue weighted by Gasteiger charge is 2.51. The highest BCUT2D eigenvalue weighted by atomic mass is 32.3. The highest BCUT2D eigenvalue weighted by Crippen LogP contribution is 2.60. The van der Waals surface area contributed by atoms with E-state index in [1.165, 1.54) is 12.1 Å². The monoisotopic (exact) mass is 491 g/mol. The summed E-state index contributed by atoms with van der Waals surface area (Å²) in [4.78, 5) is 28.2. The van der Waals surface area contributed by atoms with Crippen molar-refractivity contribution in [2.75, 3.05) is 30.7 Å². The molecule has 1 fully saturated rings. The van der Waals surface area contributed by atoms with Crippen molar-refractivity contribution < 1.29 is 19.1 Å². The number of H-pyrrole nitrogens is 1. The summed E-state index contributed by atoms with van der Waals surface area (Å²) in [6.45, 7) is 3.75. The lowest BCUT2D eigenvalue weighted by Crippen LogP contribution is -2.51. The molecule has 34 heavy (non-hydrogen) atoms. The predicted octanol–water partition coefficient (Wildman–Crippen LogP) is 3.60. The van der Waals surface area contributed by atoms with Crippen LogP contribution in [0.15, 0.2) is 24.3 Å². The first-order valence-electron chi connectivity index (χ1n) is 11.4. The molecule has 3 amide bonds. The van der Waals surface area contributed by atoms with Crippen LogP contribution < -0.4 is 10.6 Å². The standard InChI is InChI=1S/C24H34FN5O3S/c1-23(2)19-17(20(29-28-19)27-21(32)24(11-6-12-24)34(3,4)5)13-30(23)22(33)26-18(14-31)15-7-9-16(25)10-8-15/h7-10,18,31H,6,11-14H2,1-5H3,(H,26,33)(H2,27,28,29,32). The molecule has 1 saturated carbocycles. The van der Waals surface area contributed by atoms with Crippen molar-refractivity contribution in [2.45, 2.75) is 56.0 Å². The van der Waals surface area contributed by atoms with Crippen LogP contribution in [0.1, 0.15) is 56.0 Å². The number of anilines is 1. The lowest BCUT2D eigenvalue weighted by Gasteiger charge is -2.53. The van der Waals surface area contributed by atoms with Crippen molar-refractivity contribution in [3.05, 3.63) is 46.9 Å². The second-order valence-electron chi connectivity index (χ2n) is 10.4. The number of aromatic nitrogens is 2. The lowest BCUT2D eigenvalue weighted by atomic mass is 9.83. The fourth-order valence-electron chi connectivity index (χ4n) is 4.94. The van der Waals surface area contributed by atoms with E-state index in [0.717, 1.165) is 30.5 Å². The van der Waals surface area contributed by atoms with E-state index < -0.39 is 21.6 Å². The number of carbonyl (C=O) groups excluding carboxylic acids is 2. The van der Waals surface area contributed by atoms with Crippen LogP contribution in [0.25, 0.3) is 0 Å². The first kappa shape index (κ1) is 24.5. The number of fused-ring (bicyclic) bond motifs is 1. The second kappa shape index (κ2) is 8.57. The zero-order valence-electron chi connectivity index (χ0n) is 20.4. The molecule has 4 N–H and O–H groups in total. The van der Waals surface area contributed by atoms with E-state index in [0.29, 0.717) is 11.4 Å². The number of amides is 3. The number of aliphatic hydroxyl groups is 1. The molecule has 0 bridgehead atoms. The smallest absolute Gasteiger partial charge is 0.319 e. The quantitative estimate of drug-likeness (QED) is 0.495. The molecular formula is C24H34FN5O3S. The molecule has 4 rings (SSSR count). The maximum absolute atomic E-state index is 13.3. The first-order chi connectivity index (χ1) is 15.9. The second-order valence-corrected chi connectivity index (χ2v) is 14.9. The van der Waals surface area contributed by atoms with Crippen LogP contribution in [0, 0.1) is 5.82 Å². The summed E-state index contributed by atoms with van der Waals surface area (Å²) in [5, 5.41) is 23.1. The van der Waals surface area contributed by atoms with Gasteiger partial charge in [0.15, 0.2) is 5.82 Å². The summed E-state index contributed by atoms with van der Waals surface area (Å²) in [5.74, 6) is 0.0909. The summed E-state index contributed by atoms with van der Waals surface area (Å²) in [7, 11) is -1.11. The van der Waals surface area contributed by atoms with Gasteiger partial charge in [-0.2, -0.15) is 5.10 Å². The Hall–Kier alpha value is -2.59. The summed E-state index contributed by atoms with van der Waals surface area (Å²) in [6.07, 6.45) is 9.35. The molecule has 2 aromatic rings. The van der Waals surface area contributed by atoms with Gasteiger partial charge >= 0.3 is 6.03 Å². The predicted molar refractivity (Wildman–Crippen MR) is 132 cm³/mol. The molecule has 1 atom stereocenters. The average Bonchev–Trinajstić information content (AvgIpc) is 3.23. The van der Waals surface area contributed by atoms with Gasteiger partial charge in [0.25, 0.3) is 0 Å². The molecule has 1 unspecified atom stereocenters. The molecule has 0 radical (unpaired) electrons. The zero-order valence-corrected chi connectivity index (χ0v) is 21.2. The van der Waals surface area contributed by atoms with Gasteiger partial charge in [-0.05, 0) is 69.6 Å². The zero-order chi connectivity index (χ0) is 24.9. The van der Waals surface area contributed by atoms with Crippen LogP contribution in [-0.2, 0) is 16.9 Å². The maximum Gasteiger partial charge on any atom is 0.319 e. The number of rotatable bonds is 6. The van der Waals surface area contributed by atoms with Crippen molar-refractivity contribution in [1.29, 1.82) is 0 Å². The summed E-state index contributed by atoms with van der Waals surface area (Å²) in [6, 6.07) is 4.63. The largest absolute Gasteiger partial charge is 0.394 e. The van der Waals surface area contributed by atoms with Crippen LogP contribution in [0.2, 0.25) is 0 Å². The first-order valence-corrected chi connectivity index (χ1v) is 14.3. The number of urea groups is 1. The van der Waals surface area contributed by atoms with Crippen LogP contribution in [0.3, 0.4) is 0 Å². The molecule has 2 aliphatic rings. The number of nitrogens with one attached hydrogen (secondary N) is 3. The molecule has 10 heteroatoms. The fourth-order valence-corrected chi connectivity index (χ4v) is 7.06. The lowest BCUT2D eigenvalue weighted by molar-refractivity contribution is -0.120. The van der Waals surface area contributed by atoms with Gasteiger partial charge in [-0.1, -0.05) is 12.1 Å². The maximum atomic E-state index is 13.3. The SMILES string of the molecule is CC1(C)c2[nH]nc(NC(=O)C3(S(C)(C)C)CCC3)c2CN1C(=O)NC(CO)c1ccc(F)cc1. The number of benzene rings is 1. The average molecular weight is 492 g/mol. The van der Waals surface area contributed by atoms with Gasteiger partial charge in [-0.3, -0.25) is 9.89 Å². The minimum atomic E-state index is -1.11. The molecule has 2 heterocycles. The fraction of sp³-hybridized carbons (Fsp3) is 0.542. The minimum Gasteiger partial charge on any atom is -0.394 e. The van der Waals surface area contributed by atoms with E-state index in [4.69, 9.17) is 0 Å². The van der Waals surface area contributed by atoms with Gasteiger partial charge < -0.3 is 20.6 Å². The van der Waals surface area contributed by atoms with E-state index >= 15 is 0 Å². The summed E-state index contributed by atoms with van der Waals surface area (Å²) < 4.78 is 12.9. The molecule has 1 aliphatic heterocycles.